The molecule has 0 spiro atoms. The predicted molar refractivity (Wildman–Crippen MR) is 69.6 cm³/mol. The number of ether oxygens (including phenoxy) is 1. The molecule has 2 aromatic carbocycles. The minimum Gasteiger partial charge on any atom is -0.479 e. The Balaban J connectivity index is 2.13. The number of carboxylic acids is 1. The Hall–Kier alpha value is -2.29. The van der Waals surface area contributed by atoms with Crippen molar-refractivity contribution in [2.75, 3.05) is 0 Å². The third kappa shape index (κ3) is 2.88. The van der Waals surface area contributed by atoms with Crippen LogP contribution in [0.25, 0.3) is 11.1 Å². The lowest BCUT2D eigenvalue weighted by Crippen LogP contribution is -2.22. The van der Waals surface area contributed by atoms with Gasteiger partial charge in [0.25, 0.3) is 0 Å². The molecular weight excluding hydrogens is 228 g/mol. The average molecular weight is 242 g/mol. The largest absolute Gasteiger partial charge is 0.479 e. The zero-order chi connectivity index (χ0) is 13.0. The first-order valence-corrected chi connectivity index (χ1v) is 5.72. The van der Waals surface area contributed by atoms with Crippen LogP contribution in [0.5, 0.6) is 5.75 Å². The third-order valence-corrected chi connectivity index (χ3v) is 2.62. The topological polar surface area (TPSA) is 46.5 Å². The van der Waals surface area contributed by atoms with E-state index in [2.05, 4.69) is 0 Å². The predicted octanol–water partition coefficient (Wildman–Crippen LogP) is 3.21. The second-order valence-electron chi connectivity index (χ2n) is 3.99. The molecule has 1 N–H and O–H groups in total. The molecule has 0 unspecified atom stereocenters. The molecule has 0 heterocycles. The van der Waals surface area contributed by atoms with E-state index in [-0.39, 0.29) is 0 Å². The maximum Gasteiger partial charge on any atom is 0.344 e. The van der Waals surface area contributed by atoms with Crippen LogP contribution in [0.3, 0.4) is 0 Å². The first-order chi connectivity index (χ1) is 8.66. The van der Waals surface area contributed by atoms with E-state index < -0.39 is 12.1 Å². The van der Waals surface area contributed by atoms with Crippen LogP contribution in [0.2, 0.25) is 0 Å². The molecule has 2 rings (SSSR count). The molecule has 0 fully saturated rings. The number of rotatable bonds is 4. The van der Waals surface area contributed by atoms with Gasteiger partial charge in [-0.1, -0.05) is 42.5 Å². The van der Waals surface area contributed by atoms with Gasteiger partial charge in [0.2, 0.25) is 0 Å². The number of hydrogen-bond acceptors (Lipinski definition) is 2. The van der Waals surface area contributed by atoms with Gasteiger partial charge < -0.3 is 9.84 Å². The summed E-state index contributed by atoms with van der Waals surface area (Å²) in [5.41, 5.74) is 2.20. The summed E-state index contributed by atoms with van der Waals surface area (Å²) in [5, 5.41) is 8.75. The number of carbonyl (C=O) groups is 1. The molecule has 0 saturated carbocycles. The highest BCUT2D eigenvalue weighted by molar-refractivity contribution is 5.72. The molecular formula is C15H14O3. The molecule has 0 aromatic heterocycles. The zero-order valence-corrected chi connectivity index (χ0v) is 10.0. The molecule has 2 aromatic rings. The van der Waals surface area contributed by atoms with Crippen LogP contribution in [0.15, 0.2) is 54.6 Å². The second-order valence-corrected chi connectivity index (χ2v) is 3.99. The second kappa shape index (κ2) is 5.36. The Kier molecular flexibility index (Phi) is 3.63. The summed E-state index contributed by atoms with van der Waals surface area (Å²) in [5.74, 6) is -0.410. The fraction of sp³-hybridized carbons (Fsp3) is 0.133. The Labute approximate surface area is 106 Å². The molecule has 0 saturated heterocycles. The van der Waals surface area contributed by atoms with Crippen LogP contribution in [0.4, 0.5) is 0 Å². The smallest absolute Gasteiger partial charge is 0.344 e. The zero-order valence-electron chi connectivity index (χ0n) is 10.0. The van der Waals surface area contributed by atoms with Crippen molar-refractivity contribution in [3.63, 3.8) is 0 Å². The lowest BCUT2D eigenvalue weighted by atomic mass is 10.1. The number of hydrogen-bond donors (Lipinski definition) is 1. The summed E-state index contributed by atoms with van der Waals surface area (Å²) in [7, 11) is 0. The van der Waals surface area contributed by atoms with E-state index in [0.29, 0.717) is 5.75 Å². The van der Waals surface area contributed by atoms with Crippen LogP contribution < -0.4 is 4.74 Å². The van der Waals surface area contributed by atoms with Crippen LogP contribution in [-0.2, 0) is 4.79 Å². The Morgan fingerprint density at radius 1 is 1.00 bits per heavy atom. The summed E-state index contributed by atoms with van der Waals surface area (Å²) in [4.78, 5) is 10.7. The van der Waals surface area contributed by atoms with Gasteiger partial charge in [-0.15, -0.1) is 0 Å². The first-order valence-electron chi connectivity index (χ1n) is 5.72. The van der Waals surface area contributed by atoms with Crippen molar-refractivity contribution >= 4 is 5.97 Å². The summed E-state index contributed by atoms with van der Waals surface area (Å²) >= 11 is 0. The van der Waals surface area contributed by atoms with Crippen molar-refractivity contribution in [1.82, 2.24) is 0 Å². The lowest BCUT2D eigenvalue weighted by Gasteiger charge is -2.10. The summed E-state index contributed by atoms with van der Waals surface area (Å²) in [6.07, 6.45) is -0.840. The Bertz CT molecular complexity index is 517. The van der Waals surface area contributed by atoms with E-state index in [1.165, 1.54) is 6.92 Å². The minimum atomic E-state index is -0.970. The molecule has 1 atom stereocenters. The van der Waals surface area contributed by atoms with Gasteiger partial charge in [0, 0.05) is 0 Å². The highest BCUT2D eigenvalue weighted by Gasteiger charge is 2.11. The maximum atomic E-state index is 10.7. The van der Waals surface area contributed by atoms with E-state index in [1.807, 2.05) is 42.5 Å². The minimum absolute atomic E-state index is 0.560. The Morgan fingerprint density at radius 3 is 2.11 bits per heavy atom. The van der Waals surface area contributed by atoms with Gasteiger partial charge in [-0.05, 0) is 30.2 Å². The third-order valence-electron chi connectivity index (χ3n) is 2.62. The normalized spacial score (nSPS) is 11.8. The molecule has 3 heteroatoms. The van der Waals surface area contributed by atoms with Gasteiger partial charge in [-0.2, -0.15) is 0 Å². The first kappa shape index (κ1) is 12.2. The SMILES string of the molecule is C[C@@H](Oc1ccc(-c2ccccc2)cc1)C(=O)O. The maximum absolute atomic E-state index is 10.7. The van der Waals surface area contributed by atoms with Gasteiger partial charge in [0.05, 0.1) is 0 Å². The van der Waals surface area contributed by atoms with E-state index in [0.717, 1.165) is 11.1 Å². The van der Waals surface area contributed by atoms with E-state index >= 15 is 0 Å². The van der Waals surface area contributed by atoms with Crippen LogP contribution in [-0.4, -0.2) is 17.2 Å². The van der Waals surface area contributed by atoms with Gasteiger partial charge in [0.1, 0.15) is 5.75 Å². The van der Waals surface area contributed by atoms with E-state index in [4.69, 9.17) is 9.84 Å². The van der Waals surface area contributed by atoms with Gasteiger partial charge >= 0.3 is 5.97 Å². The monoisotopic (exact) mass is 242 g/mol. The van der Waals surface area contributed by atoms with E-state index in [9.17, 15) is 4.79 Å². The van der Waals surface area contributed by atoms with E-state index in [1.54, 1.807) is 12.1 Å². The van der Waals surface area contributed by atoms with Crippen LogP contribution in [0.1, 0.15) is 6.92 Å². The van der Waals surface area contributed by atoms with Gasteiger partial charge in [0.15, 0.2) is 6.10 Å². The van der Waals surface area contributed by atoms with Crippen LogP contribution >= 0.6 is 0 Å². The van der Waals surface area contributed by atoms with Crippen LogP contribution in [0, 0.1) is 0 Å². The lowest BCUT2D eigenvalue weighted by molar-refractivity contribution is -0.144. The fourth-order valence-corrected chi connectivity index (χ4v) is 1.61. The standard InChI is InChI=1S/C15H14O3/c1-11(15(16)17)18-14-9-7-13(8-10-14)12-5-3-2-4-6-12/h2-11H,1H3,(H,16,17)/t11-/m1/s1. The van der Waals surface area contributed by atoms with Gasteiger partial charge in [-0.25, -0.2) is 4.79 Å². The number of carboxylic acid groups (broad SMARTS) is 1. The highest BCUT2D eigenvalue weighted by Crippen LogP contribution is 2.22. The summed E-state index contributed by atoms with van der Waals surface area (Å²) in [6, 6.07) is 17.4. The molecule has 0 amide bonds. The van der Waals surface area contributed by atoms with Crippen molar-refractivity contribution in [3.05, 3.63) is 54.6 Å². The van der Waals surface area contributed by atoms with Crippen molar-refractivity contribution in [2.45, 2.75) is 13.0 Å². The average Bonchev–Trinajstić information content (AvgIpc) is 2.40. The number of aliphatic carboxylic acids is 1. The molecule has 3 nitrogen and oxygen atoms in total. The molecule has 92 valence electrons. The molecule has 0 aliphatic carbocycles. The molecule has 0 radical (unpaired) electrons. The quantitative estimate of drug-likeness (QED) is 0.895. The summed E-state index contributed by atoms with van der Waals surface area (Å²) in [6.45, 7) is 1.51. The molecule has 18 heavy (non-hydrogen) atoms. The van der Waals surface area contributed by atoms with Crippen molar-refractivity contribution in [2.24, 2.45) is 0 Å². The Morgan fingerprint density at radius 2 is 1.56 bits per heavy atom. The van der Waals surface area contributed by atoms with Gasteiger partial charge in [-0.3, -0.25) is 0 Å². The molecule has 0 aliphatic rings. The highest BCUT2D eigenvalue weighted by atomic mass is 16.5. The van der Waals surface area contributed by atoms with Crippen molar-refractivity contribution < 1.29 is 14.6 Å². The van der Waals surface area contributed by atoms with Crippen molar-refractivity contribution in [1.29, 1.82) is 0 Å². The summed E-state index contributed by atoms with van der Waals surface area (Å²) < 4.78 is 5.27. The molecule has 0 aliphatic heterocycles. The fourth-order valence-electron chi connectivity index (χ4n) is 1.61. The molecule has 0 bridgehead atoms. The van der Waals surface area contributed by atoms with Crippen molar-refractivity contribution in [3.8, 4) is 16.9 Å². The number of benzene rings is 2.